The van der Waals surface area contributed by atoms with E-state index < -0.39 is 28.9 Å². The molecule has 0 radical (unpaired) electrons. The predicted octanol–water partition coefficient (Wildman–Crippen LogP) is 7.38. The van der Waals surface area contributed by atoms with Gasteiger partial charge in [-0.05, 0) is 62.3 Å². The highest BCUT2D eigenvalue weighted by Gasteiger charge is 2.37. The Morgan fingerprint density at radius 3 is 2.08 bits per heavy atom. The lowest BCUT2D eigenvalue weighted by Crippen LogP contribution is -2.26. The van der Waals surface area contributed by atoms with Gasteiger partial charge >= 0.3 is 6.18 Å². The lowest BCUT2D eigenvalue weighted by molar-refractivity contribution is -0.139. The molecule has 0 unspecified atom stereocenters. The normalized spacial score (nSPS) is 15.1. The minimum atomic E-state index is -4.62. The van der Waals surface area contributed by atoms with Gasteiger partial charge in [-0.25, -0.2) is 17.5 Å². The van der Waals surface area contributed by atoms with Gasteiger partial charge in [-0.1, -0.05) is 20.8 Å². The van der Waals surface area contributed by atoms with Gasteiger partial charge in [0.25, 0.3) is 0 Å². The van der Waals surface area contributed by atoms with Crippen molar-refractivity contribution in [1.82, 2.24) is 4.31 Å². The molecule has 0 atom stereocenters. The summed E-state index contributed by atoms with van der Waals surface area (Å²) in [5, 5.41) is 9.40. The number of halogens is 6. The second kappa shape index (κ2) is 12.0. The third-order valence-corrected chi connectivity index (χ3v) is 6.37. The summed E-state index contributed by atoms with van der Waals surface area (Å²) in [6, 6.07) is 8.17. The average Bonchev–Trinajstić information content (AvgIpc) is 2.95. The Kier molecular flexibility index (Phi) is 10.0. The Morgan fingerprint density at radius 1 is 1.00 bits per heavy atom. The van der Waals surface area contributed by atoms with Crippen LogP contribution >= 0.6 is 11.9 Å². The molecule has 202 valence electrons. The van der Waals surface area contributed by atoms with Gasteiger partial charge < -0.3 is 14.7 Å². The fourth-order valence-electron chi connectivity index (χ4n) is 2.96. The molecule has 0 bridgehead atoms. The minimum Gasteiger partial charge on any atom is -0.492 e. The Hall–Kier alpha value is -2.11. The lowest BCUT2D eigenvalue weighted by Gasteiger charge is -2.27. The molecule has 1 aliphatic rings. The topological polar surface area (TPSA) is 35.9 Å². The number of fused-ring (bicyclic) bond motifs is 1. The summed E-state index contributed by atoms with van der Waals surface area (Å²) in [7, 11) is 1.86. The highest BCUT2D eigenvalue weighted by atomic mass is 32.2. The van der Waals surface area contributed by atoms with Crippen LogP contribution in [-0.4, -0.2) is 48.7 Å². The molecule has 0 spiro atoms. The van der Waals surface area contributed by atoms with E-state index in [9.17, 15) is 31.4 Å². The zero-order valence-corrected chi connectivity index (χ0v) is 21.7. The van der Waals surface area contributed by atoms with E-state index in [1.54, 1.807) is 30.9 Å². The van der Waals surface area contributed by atoms with Crippen LogP contribution in [0.1, 0.15) is 39.7 Å². The molecule has 0 saturated heterocycles. The summed E-state index contributed by atoms with van der Waals surface area (Å²) in [5.41, 5.74) is -0.569. The molecule has 36 heavy (non-hydrogen) atoms. The fraction of sp³-hybridized carbons (Fsp3) is 0.520. The van der Waals surface area contributed by atoms with Crippen LogP contribution < -0.4 is 9.64 Å². The van der Waals surface area contributed by atoms with E-state index >= 15 is 0 Å². The number of hydrogen-bond donors (Lipinski definition) is 1. The quantitative estimate of drug-likeness (QED) is 0.307. The monoisotopic (exact) mass is 538 g/mol. The molecular weight excluding hydrogens is 506 g/mol. The van der Waals surface area contributed by atoms with Crippen LogP contribution in [0.3, 0.4) is 0 Å². The van der Waals surface area contributed by atoms with Crippen molar-refractivity contribution in [2.45, 2.75) is 51.1 Å². The molecule has 1 aliphatic heterocycles. The summed E-state index contributed by atoms with van der Waals surface area (Å²) in [6.45, 7) is 6.55. The molecule has 1 N–H and O–H groups in total. The molecule has 0 saturated carbocycles. The molecular formula is C25H32F6N2O2S. The van der Waals surface area contributed by atoms with Crippen molar-refractivity contribution in [3.63, 3.8) is 0 Å². The van der Waals surface area contributed by atoms with Gasteiger partial charge in [-0.15, -0.1) is 0 Å². The van der Waals surface area contributed by atoms with E-state index in [4.69, 9.17) is 4.74 Å². The number of anilines is 2. The molecule has 0 aromatic heterocycles. The first-order valence-corrected chi connectivity index (χ1v) is 12.1. The molecule has 2 aromatic rings. The van der Waals surface area contributed by atoms with Gasteiger partial charge in [0.2, 0.25) is 5.92 Å². The van der Waals surface area contributed by atoms with Gasteiger partial charge in [0.15, 0.2) is 0 Å². The number of alkyl halides is 5. The first-order chi connectivity index (χ1) is 16.6. The molecule has 0 aliphatic carbocycles. The third-order valence-electron chi connectivity index (χ3n) is 5.36. The second-order valence-corrected chi connectivity index (χ2v) is 10.7. The summed E-state index contributed by atoms with van der Waals surface area (Å²) in [4.78, 5) is 2.35. The van der Waals surface area contributed by atoms with Gasteiger partial charge in [0.05, 0.1) is 29.4 Å². The lowest BCUT2D eigenvalue weighted by atomic mass is 9.96. The molecule has 11 heteroatoms. The average molecular weight is 539 g/mol. The first kappa shape index (κ1) is 30.1. The number of aliphatic hydroxyl groups is 1. The van der Waals surface area contributed by atoms with Crippen molar-refractivity contribution >= 4 is 23.3 Å². The number of rotatable bonds is 6. The van der Waals surface area contributed by atoms with Gasteiger partial charge in [-0.2, -0.15) is 13.2 Å². The van der Waals surface area contributed by atoms with Crippen LogP contribution in [0.2, 0.25) is 0 Å². The van der Waals surface area contributed by atoms with Crippen LogP contribution in [0, 0.1) is 11.2 Å². The third kappa shape index (κ3) is 8.77. The summed E-state index contributed by atoms with van der Waals surface area (Å²) >= 11 is 1.33. The van der Waals surface area contributed by atoms with Crippen molar-refractivity contribution in [3.05, 3.63) is 47.8 Å². The summed E-state index contributed by atoms with van der Waals surface area (Å²) in [5.74, 6) is -3.14. The van der Waals surface area contributed by atoms with E-state index in [-0.39, 0.29) is 25.4 Å². The Labute approximate surface area is 212 Å². The molecule has 0 fully saturated rings. The van der Waals surface area contributed by atoms with Gasteiger partial charge in [-0.3, -0.25) is 0 Å². The highest BCUT2D eigenvalue weighted by molar-refractivity contribution is 7.97. The molecule has 1 heterocycles. The maximum absolute atomic E-state index is 13.9. The van der Waals surface area contributed by atoms with E-state index in [0.717, 1.165) is 13.0 Å². The number of benzene rings is 2. The van der Waals surface area contributed by atoms with E-state index in [1.165, 1.54) is 37.1 Å². The second-order valence-electron chi connectivity index (χ2n) is 9.42. The SMILES string of the molecule is CCC(C)(F)F.CN1CCN(c2ccc(F)cc2)c2cc(C(F)(F)F)c(OCC(C)(C)CO)cc2S1. The number of hydrogen-bond acceptors (Lipinski definition) is 5. The van der Waals surface area contributed by atoms with Crippen LogP contribution in [-0.2, 0) is 6.18 Å². The van der Waals surface area contributed by atoms with Crippen LogP contribution in [0.5, 0.6) is 5.75 Å². The van der Waals surface area contributed by atoms with E-state index in [2.05, 4.69) is 0 Å². The number of likely N-dealkylation sites (N-methyl/N-ethyl adjacent to an activating group) is 1. The van der Waals surface area contributed by atoms with Crippen molar-refractivity contribution in [2.24, 2.45) is 5.41 Å². The molecule has 4 nitrogen and oxygen atoms in total. The summed E-state index contributed by atoms with van der Waals surface area (Å²) in [6.07, 6.45) is -4.68. The zero-order chi connectivity index (χ0) is 27.3. The predicted molar refractivity (Wildman–Crippen MR) is 131 cm³/mol. The van der Waals surface area contributed by atoms with Gasteiger partial charge in [0, 0.05) is 30.6 Å². The largest absolute Gasteiger partial charge is 0.492 e. The van der Waals surface area contributed by atoms with Crippen molar-refractivity contribution in [1.29, 1.82) is 0 Å². The molecule has 2 aromatic carbocycles. The van der Waals surface area contributed by atoms with Crippen molar-refractivity contribution < 1.29 is 36.2 Å². The number of ether oxygens (including phenoxy) is 1. The van der Waals surface area contributed by atoms with Crippen LogP contribution in [0.15, 0.2) is 41.3 Å². The Balaban J connectivity index is 0.000000678. The number of nitrogens with zero attached hydrogens (tertiary/aromatic N) is 2. The van der Waals surface area contributed by atoms with Crippen LogP contribution in [0.4, 0.5) is 37.7 Å². The highest BCUT2D eigenvalue weighted by Crippen LogP contribution is 2.46. The van der Waals surface area contributed by atoms with Gasteiger partial charge in [0.1, 0.15) is 11.6 Å². The maximum atomic E-state index is 13.9. The summed E-state index contributed by atoms with van der Waals surface area (Å²) < 4.78 is 85.3. The maximum Gasteiger partial charge on any atom is 0.420 e. The minimum absolute atomic E-state index is 0.0620. The van der Waals surface area contributed by atoms with E-state index in [1.807, 2.05) is 11.4 Å². The van der Waals surface area contributed by atoms with Crippen molar-refractivity contribution in [2.75, 3.05) is 38.3 Å². The van der Waals surface area contributed by atoms with Crippen LogP contribution in [0.25, 0.3) is 0 Å². The fourth-order valence-corrected chi connectivity index (χ4v) is 3.89. The standard InChI is InChI=1S/C21H24F4N2O2S.C4H8F2/c1-20(2,12-28)13-29-18-11-19-17(10-16(18)21(23,24)25)27(9-8-26(3)30-19)15-6-4-14(22)5-7-15;1-3-4(2,5)6/h4-7,10-11,28H,8-9,12-13H2,1-3H3;3H2,1-2H3. The zero-order valence-electron chi connectivity index (χ0n) is 20.9. The smallest absolute Gasteiger partial charge is 0.420 e. The van der Waals surface area contributed by atoms with Crippen molar-refractivity contribution in [3.8, 4) is 5.75 Å². The Bertz CT molecular complexity index is 994. The number of aliphatic hydroxyl groups excluding tert-OH is 1. The van der Waals surface area contributed by atoms with E-state index in [0.29, 0.717) is 29.4 Å². The molecule has 0 amide bonds. The Morgan fingerprint density at radius 2 is 1.58 bits per heavy atom. The first-order valence-electron chi connectivity index (χ1n) is 11.4. The molecule has 3 rings (SSSR count).